The Balaban J connectivity index is 1.60. The lowest BCUT2D eigenvalue weighted by atomic mass is 9.95. The fourth-order valence-corrected chi connectivity index (χ4v) is 4.19. The van der Waals surface area contributed by atoms with Crippen molar-refractivity contribution >= 4 is 17.5 Å². The monoisotopic (exact) mass is 420 g/mol. The van der Waals surface area contributed by atoms with E-state index < -0.39 is 17.6 Å². The predicted molar refractivity (Wildman–Crippen MR) is 104 cm³/mol. The molecular formula is C21H23F3N4O2. The molecule has 1 atom stereocenters. The maximum atomic E-state index is 13.2. The number of hydrogen-bond acceptors (Lipinski definition) is 3. The van der Waals surface area contributed by atoms with Crippen molar-refractivity contribution in [2.24, 2.45) is 0 Å². The Kier molecular flexibility index (Phi) is 5.29. The summed E-state index contributed by atoms with van der Waals surface area (Å²) in [4.78, 5) is 27.4. The zero-order valence-corrected chi connectivity index (χ0v) is 16.6. The summed E-state index contributed by atoms with van der Waals surface area (Å²) < 4.78 is 40.1. The van der Waals surface area contributed by atoms with Gasteiger partial charge in [-0.15, -0.1) is 0 Å². The van der Waals surface area contributed by atoms with Gasteiger partial charge in [-0.3, -0.25) is 14.3 Å². The Morgan fingerprint density at radius 2 is 1.80 bits per heavy atom. The standard InChI is InChI=1S/C21H23F3N4O2/c1-13-12-27(16-9-7-14(8-10-16)21(22,23)24)20(30)18-17(11-25-28(13)18)19(29)26-15-5-3-2-4-6-15/h7-11,13,15H,2-6,12H2,1H3,(H,26,29). The molecule has 2 amide bonds. The van der Waals surface area contributed by atoms with Gasteiger partial charge < -0.3 is 10.2 Å². The van der Waals surface area contributed by atoms with Gasteiger partial charge >= 0.3 is 6.18 Å². The van der Waals surface area contributed by atoms with Crippen LogP contribution in [0.3, 0.4) is 0 Å². The van der Waals surface area contributed by atoms with Crippen LogP contribution in [0.15, 0.2) is 30.5 Å². The number of aromatic nitrogens is 2. The molecule has 160 valence electrons. The van der Waals surface area contributed by atoms with Crippen LogP contribution in [-0.2, 0) is 6.18 Å². The van der Waals surface area contributed by atoms with Crippen molar-refractivity contribution in [2.45, 2.75) is 57.3 Å². The molecule has 4 rings (SSSR count). The molecule has 1 aliphatic heterocycles. The highest BCUT2D eigenvalue weighted by molar-refractivity contribution is 6.12. The summed E-state index contributed by atoms with van der Waals surface area (Å²) in [6.07, 6.45) is 2.07. The molecule has 2 aliphatic rings. The van der Waals surface area contributed by atoms with E-state index in [9.17, 15) is 22.8 Å². The Morgan fingerprint density at radius 1 is 1.13 bits per heavy atom. The highest BCUT2D eigenvalue weighted by Crippen LogP contribution is 2.33. The SMILES string of the molecule is CC1CN(c2ccc(C(F)(F)F)cc2)C(=O)c2c(C(=O)NC3CCCCC3)cnn21. The van der Waals surface area contributed by atoms with Gasteiger partial charge in [-0.1, -0.05) is 19.3 Å². The minimum absolute atomic E-state index is 0.0870. The van der Waals surface area contributed by atoms with Crippen molar-refractivity contribution in [3.8, 4) is 0 Å². The third-order valence-corrected chi connectivity index (χ3v) is 5.80. The average molecular weight is 420 g/mol. The molecule has 6 nitrogen and oxygen atoms in total. The van der Waals surface area contributed by atoms with Crippen LogP contribution in [0.1, 0.15) is 71.5 Å². The van der Waals surface area contributed by atoms with Crippen LogP contribution in [0.5, 0.6) is 0 Å². The van der Waals surface area contributed by atoms with E-state index in [0.29, 0.717) is 5.69 Å². The van der Waals surface area contributed by atoms with Crippen LogP contribution < -0.4 is 10.2 Å². The van der Waals surface area contributed by atoms with Crippen LogP contribution in [0, 0.1) is 0 Å². The lowest BCUT2D eigenvalue weighted by molar-refractivity contribution is -0.137. The van der Waals surface area contributed by atoms with Crippen molar-refractivity contribution in [3.05, 3.63) is 47.3 Å². The molecule has 0 spiro atoms. The maximum absolute atomic E-state index is 13.2. The summed E-state index contributed by atoms with van der Waals surface area (Å²) in [5.74, 6) is -0.780. The van der Waals surface area contributed by atoms with Gasteiger partial charge in [0.15, 0.2) is 0 Å². The predicted octanol–water partition coefficient (Wildman–Crippen LogP) is 4.19. The minimum Gasteiger partial charge on any atom is -0.349 e. The largest absolute Gasteiger partial charge is 0.416 e. The number of nitrogens with zero attached hydrogens (tertiary/aromatic N) is 3. The third-order valence-electron chi connectivity index (χ3n) is 5.80. The molecule has 1 N–H and O–H groups in total. The zero-order chi connectivity index (χ0) is 21.5. The summed E-state index contributed by atoms with van der Waals surface area (Å²) in [5.41, 5.74) is -0.0525. The van der Waals surface area contributed by atoms with E-state index in [2.05, 4.69) is 10.4 Å². The Bertz CT molecular complexity index is 946. The van der Waals surface area contributed by atoms with E-state index in [1.165, 1.54) is 27.9 Å². The van der Waals surface area contributed by atoms with Crippen molar-refractivity contribution in [1.29, 1.82) is 0 Å². The first-order valence-corrected chi connectivity index (χ1v) is 10.1. The first-order valence-electron chi connectivity index (χ1n) is 10.1. The summed E-state index contributed by atoms with van der Waals surface area (Å²) in [6.45, 7) is 2.10. The Labute approximate surface area is 172 Å². The fraction of sp³-hybridized carbons (Fsp3) is 0.476. The van der Waals surface area contributed by atoms with Crippen molar-refractivity contribution < 1.29 is 22.8 Å². The quantitative estimate of drug-likeness (QED) is 0.810. The Hall–Kier alpha value is -2.84. The number of carbonyl (C=O) groups is 2. The van der Waals surface area contributed by atoms with E-state index >= 15 is 0 Å². The third kappa shape index (κ3) is 3.80. The van der Waals surface area contributed by atoms with E-state index in [4.69, 9.17) is 0 Å². The average Bonchev–Trinajstić information content (AvgIpc) is 3.17. The number of nitrogens with one attached hydrogen (secondary N) is 1. The van der Waals surface area contributed by atoms with Crippen LogP contribution in [0.25, 0.3) is 0 Å². The summed E-state index contributed by atoms with van der Waals surface area (Å²) >= 11 is 0. The fourth-order valence-electron chi connectivity index (χ4n) is 4.19. The Morgan fingerprint density at radius 3 is 2.43 bits per heavy atom. The lowest BCUT2D eigenvalue weighted by Crippen LogP contribution is -2.44. The van der Waals surface area contributed by atoms with Crippen molar-refractivity contribution in [2.75, 3.05) is 11.4 Å². The number of hydrogen-bond donors (Lipinski definition) is 1. The molecule has 1 aliphatic carbocycles. The number of carbonyl (C=O) groups excluding carboxylic acids is 2. The van der Waals surface area contributed by atoms with E-state index in [1.807, 2.05) is 6.92 Å². The zero-order valence-electron chi connectivity index (χ0n) is 16.6. The number of rotatable bonds is 3. The van der Waals surface area contributed by atoms with E-state index in [0.717, 1.165) is 44.2 Å². The molecule has 2 aromatic rings. The normalized spacial score (nSPS) is 20.2. The van der Waals surface area contributed by atoms with Gasteiger partial charge in [-0.2, -0.15) is 18.3 Å². The van der Waals surface area contributed by atoms with E-state index in [1.54, 1.807) is 0 Å². The van der Waals surface area contributed by atoms with Gasteiger partial charge in [-0.05, 0) is 44.0 Å². The smallest absolute Gasteiger partial charge is 0.349 e. The molecular weight excluding hydrogens is 397 g/mol. The minimum atomic E-state index is -4.44. The maximum Gasteiger partial charge on any atom is 0.416 e. The molecule has 0 radical (unpaired) electrons. The second-order valence-corrected chi connectivity index (χ2v) is 7.97. The molecule has 1 saturated carbocycles. The summed E-state index contributed by atoms with van der Waals surface area (Å²) in [5, 5.41) is 7.23. The molecule has 0 saturated heterocycles. The lowest BCUT2D eigenvalue weighted by Gasteiger charge is -2.32. The molecule has 1 fully saturated rings. The van der Waals surface area contributed by atoms with Crippen LogP contribution in [-0.4, -0.2) is 34.2 Å². The topological polar surface area (TPSA) is 67.2 Å². The van der Waals surface area contributed by atoms with Crippen LogP contribution >= 0.6 is 0 Å². The number of halogens is 3. The number of amides is 2. The first-order chi connectivity index (χ1) is 14.3. The second-order valence-electron chi connectivity index (χ2n) is 7.97. The number of anilines is 1. The number of alkyl halides is 3. The number of fused-ring (bicyclic) bond motifs is 1. The van der Waals surface area contributed by atoms with Gasteiger partial charge in [0, 0.05) is 18.3 Å². The molecule has 2 heterocycles. The molecule has 9 heteroatoms. The molecule has 1 unspecified atom stereocenters. The van der Waals surface area contributed by atoms with Gasteiger partial charge in [0.05, 0.1) is 23.4 Å². The van der Waals surface area contributed by atoms with Crippen LogP contribution in [0.2, 0.25) is 0 Å². The molecule has 30 heavy (non-hydrogen) atoms. The summed E-state index contributed by atoms with van der Waals surface area (Å²) in [6, 6.07) is 4.33. The van der Waals surface area contributed by atoms with Crippen molar-refractivity contribution in [1.82, 2.24) is 15.1 Å². The highest BCUT2D eigenvalue weighted by atomic mass is 19.4. The first kappa shape index (κ1) is 20.4. The second kappa shape index (κ2) is 7.77. The van der Waals surface area contributed by atoms with E-state index in [-0.39, 0.29) is 35.8 Å². The van der Waals surface area contributed by atoms with Gasteiger partial charge in [0.1, 0.15) is 5.69 Å². The van der Waals surface area contributed by atoms with Gasteiger partial charge in [0.2, 0.25) is 0 Å². The van der Waals surface area contributed by atoms with Gasteiger partial charge in [0.25, 0.3) is 11.8 Å². The highest BCUT2D eigenvalue weighted by Gasteiger charge is 2.36. The van der Waals surface area contributed by atoms with Gasteiger partial charge in [-0.25, -0.2) is 0 Å². The molecule has 1 aromatic heterocycles. The molecule has 0 bridgehead atoms. The summed E-state index contributed by atoms with van der Waals surface area (Å²) in [7, 11) is 0. The molecule has 1 aromatic carbocycles. The van der Waals surface area contributed by atoms with Crippen molar-refractivity contribution in [3.63, 3.8) is 0 Å². The number of benzene rings is 1. The van der Waals surface area contributed by atoms with Crippen LogP contribution in [0.4, 0.5) is 18.9 Å².